The average molecular weight is 287 g/mol. The third-order valence-electron chi connectivity index (χ3n) is 3.23. The summed E-state index contributed by atoms with van der Waals surface area (Å²) in [5.41, 5.74) is 5.23. The van der Waals surface area contributed by atoms with E-state index in [2.05, 4.69) is 5.32 Å². The number of nitrogens with zero attached hydrogens (tertiary/aromatic N) is 1. The molecule has 0 aromatic rings. The van der Waals surface area contributed by atoms with Gasteiger partial charge in [-0.05, 0) is 5.92 Å². The number of primary amides is 1. The van der Waals surface area contributed by atoms with Crippen molar-refractivity contribution in [3.63, 3.8) is 0 Å². The van der Waals surface area contributed by atoms with Crippen LogP contribution < -0.4 is 11.1 Å². The number of nitrogens with one attached hydrogen (secondary N) is 1. The molecule has 0 aromatic heterocycles. The summed E-state index contributed by atoms with van der Waals surface area (Å²) in [6.45, 7) is 4.27. The fourth-order valence-corrected chi connectivity index (χ4v) is 1.97. The summed E-state index contributed by atoms with van der Waals surface area (Å²) in [6, 6.07) is -1.81. The van der Waals surface area contributed by atoms with Gasteiger partial charge in [0, 0.05) is 12.6 Å². The van der Waals surface area contributed by atoms with E-state index in [0.717, 1.165) is 0 Å². The third-order valence-corrected chi connectivity index (χ3v) is 3.23. The van der Waals surface area contributed by atoms with Crippen molar-refractivity contribution < 1.29 is 24.2 Å². The minimum atomic E-state index is -0.988. The number of carboxylic acids is 1. The number of ether oxygens (including phenoxy) is 1. The number of hydrogen-bond acceptors (Lipinski definition) is 4. The van der Waals surface area contributed by atoms with E-state index in [0.29, 0.717) is 6.61 Å². The average Bonchev–Trinajstić information content (AvgIpc) is 2.37. The van der Waals surface area contributed by atoms with E-state index in [1.165, 1.54) is 4.90 Å². The van der Waals surface area contributed by atoms with Gasteiger partial charge in [-0.1, -0.05) is 13.8 Å². The van der Waals surface area contributed by atoms with Crippen molar-refractivity contribution in [2.45, 2.75) is 32.4 Å². The molecule has 8 heteroatoms. The van der Waals surface area contributed by atoms with Crippen LogP contribution in [0.5, 0.6) is 0 Å². The number of carboxylic acid groups (broad SMARTS) is 1. The fraction of sp³-hybridized carbons (Fsp3) is 0.750. The minimum absolute atomic E-state index is 0.0388. The largest absolute Gasteiger partial charge is 0.481 e. The highest BCUT2D eigenvalue weighted by molar-refractivity contribution is 5.86. The normalized spacial score (nSPS) is 20.6. The molecule has 0 aromatic carbocycles. The van der Waals surface area contributed by atoms with Crippen molar-refractivity contribution in [2.75, 3.05) is 19.8 Å². The summed E-state index contributed by atoms with van der Waals surface area (Å²) < 4.78 is 5.12. The van der Waals surface area contributed by atoms with Crippen molar-refractivity contribution in [3.05, 3.63) is 0 Å². The lowest BCUT2D eigenvalue weighted by molar-refractivity contribution is -0.138. The number of aliphatic carboxylic acids is 1. The van der Waals surface area contributed by atoms with E-state index in [9.17, 15) is 14.4 Å². The van der Waals surface area contributed by atoms with Gasteiger partial charge in [0.2, 0.25) is 5.91 Å². The SMILES string of the molecule is CC(C)C(CC(=O)O)NC(=O)N1CCOCC1C(N)=O. The Hall–Kier alpha value is -1.83. The highest BCUT2D eigenvalue weighted by atomic mass is 16.5. The first-order valence-corrected chi connectivity index (χ1v) is 6.49. The molecule has 0 aliphatic carbocycles. The Labute approximate surface area is 117 Å². The van der Waals surface area contributed by atoms with E-state index < -0.39 is 30.0 Å². The van der Waals surface area contributed by atoms with E-state index in [-0.39, 0.29) is 25.5 Å². The zero-order valence-corrected chi connectivity index (χ0v) is 11.7. The Bertz CT molecular complexity index is 385. The molecule has 3 amide bonds. The van der Waals surface area contributed by atoms with E-state index in [4.69, 9.17) is 15.6 Å². The van der Waals surface area contributed by atoms with Crippen LogP contribution in [0.3, 0.4) is 0 Å². The van der Waals surface area contributed by atoms with Crippen molar-refractivity contribution in [3.8, 4) is 0 Å². The Morgan fingerprint density at radius 1 is 1.45 bits per heavy atom. The number of urea groups is 1. The predicted molar refractivity (Wildman–Crippen MR) is 69.9 cm³/mol. The van der Waals surface area contributed by atoms with E-state index >= 15 is 0 Å². The Kier molecular flexibility index (Phi) is 5.75. The first kappa shape index (κ1) is 16.2. The molecule has 1 saturated heterocycles. The second-order valence-electron chi connectivity index (χ2n) is 5.08. The van der Waals surface area contributed by atoms with Gasteiger partial charge in [0.05, 0.1) is 19.6 Å². The molecule has 1 rings (SSSR count). The second-order valence-corrected chi connectivity index (χ2v) is 5.08. The predicted octanol–water partition coefficient (Wildman–Crippen LogP) is -0.619. The van der Waals surface area contributed by atoms with Crippen LogP contribution in [-0.4, -0.2) is 59.8 Å². The Morgan fingerprint density at radius 3 is 2.60 bits per heavy atom. The number of morpholine rings is 1. The molecule has 1 aliphatic rings. The summed E-state index contributed by atoms with van der Waals surface area (Å²) >= 11 is 0. The molecule has 114 valence electrons. The number of hydrogen-bond donors (Lipinski definition) is 3. The first-order chi connectivity index (χ1) is 9.32. The van der Waals surface area contributed by atoms with Crippen LogP contribution >= 0.6 is 0 Å². The van der Waals surface area contributed by atoms with Crippen molar-refractivity contribution in [1.82, 2.24) is 10.2 Å². The summed E-state index contributed by atoms with van der Waals surface area (Å²) in [6.07, 6.45) is -0.172. The lowest BCUT2D eigenvalue weighted by Gasteiger charge is -2.35. The Morgan fingerprint density at radius 2 is 2.10 bits per heavy atom. The number of carbonyl (C=O) groups is 3. The molecule has 8 nitrogen and oxygen atoms in total. The smallest absolute Gasteiger partial charge is 0.318 e. The third kappa shape index (κ3) is 4.37. The maximum atomic E-state index is 12.2. The van der Waals surface area contributed by atoms with Gasteiger partial charge in [0.1, 0.15) is 6.04 Å². The molecule has 4 N–H and O–H groups in total. The molecule has 1 aliphatic heterocycles. The van der Waals surface area contributed by atoms with Gasteiger partial charge in [0.15, 0.2) is 0 Å². The molecule has 2 unspecified atom stereocenters. The van der Waals surface area contributed by atoms with Crippen LogP contribution in [-0.2, 0) is 14.3 Å². The van der Waals surface area contributed by atoms with Crippen LogP contribution in [0.25, 0.3) is 0 Å². The number of amides is 3. The van der Waals surface area contributed by atoms with Crippen LogP contribution in [0.15, 0.2) is 0 Å². The maximum Gasteiger partial charge on any atom is 0.318 e. The van der Waals surface area contributed by atoms with Crippen LogP contribution in [0, 0.1) is 5.92 Å². The molecule has 20 heavy (non-hydrogen) atoms. The maximum absolute atomic E-state index is 12.2. The van der Waals surface area contributed by atoms with Crippen molar-refractivity contribution in [1.29, 1.82) is 0 Å². The lowest BCUT2D eigenvalue weighted by Crippen LogP contribution is -2.59. The molecule has 0 bridgehead atoms. The summed E-state index contributed by atoms with van der Waals surface area (Å²) in [5, 5.41) is 11.5. The van der Waals surface area contributed by atoms with Crippen molar-refractivity contribution in [2.24, 2.45) is 11.7 Å². The van der Waals surface area contributed by atoms with Gasteiger partial charge >= 0.3 is 12.0 Å². The quantitative estimate of drug-likeness (QED) is 0.622. The van der Waals surface area contributed by atoms with Gasteiger partial charge in [-0.3, -0.25) is 9.59 Å². The number of nitrogens with two attached hydrogens (primary N) is 1. The zero-order chi connectivity index (χ0) is 15.3. The molecule has 1 heterocycles. The second kappa shape index (κ2) is 7.09. The standard InChI is InChI=1S/C12H21N3O5/c1-7(2)8(5-10(16)17)14-12(19)15-3-4-20-6-9(15)11(13)18/h7-9H,3-6H2,1-2H3,(H2,13,18)(H,14,19)(H,16,17). The summed E-state index contributed by atoms with van der Waals surface area (Å²) in [7, 11) is 0. The van der Waals surface area contributed by atoms with Gasteiger partial charge in [-0.2, -0.15) is 0 Å². The molecule has 0 spiro atoms. The molecular weight excluding hydrogens is 266 g/mol. The summed E-state index contributed by atoms with van der Waals surface area (Å²) in [4.78, 5) is 35.5. The molecule has 0 radical (unpaired) electrons. The monoisotopic (exact) mass is 287 g/mol. The van der Waals surface area contributed by atoms with Crippen LogP contribution in [0.4, 0.5) is 4.79 Å². The van der Waals surface area contributed by atoms with Crippen LogP contribution in [0.1, 0.15) is 20.3 Å². The first-order valence-electron chi connectivity index (χ1n) is 6.49. The van der Waals surface area contributed by atoms with Gasteiger partial charge in [-0.25, -0.2) is 4.79 Å². The van der Waals surface area contributed by atoms with Gasteiger partial charge < -0.3 is 25.8 Å². The van der Waals surface area contributed by atoms with Crippen LogP contribution in [0.2, 0.25) is 0 Å². The highest BCUT2D eigenvalue weighted by Crippen LogP contribution is 2.11. The minimum Gasteiger partial charge on any atom is -0.481 e. The van der Waals surface area contributed by atoms with Gasteiger partial charge in [0.25, 0.3) is 0 Å². The molecule has 1 fully saturated rings. The number of rotatable bonds is 5. The van der Waals surface area contributed by atoms with Crippen molar-refractivity contribution >= 4 is 17.9 Å². The fourth-order valence-electron chi connectivity index (χ4n) is 1.97. The Balaban J connectivity index is 2.71. The molecule has 2 atom stereocenters. The zero-order valence-electron chi connectivity index (χ0n) is 11.7. The molecular formula is C12H21N3O5. The van der Waals surface area contributed by atoms with E-state index in [1.54, 1.807) is 0 Å². The van der Waals surface area contributed by atoms with E-state index in [1.807, 2.05) is 13.8 Å². The highest BCUT2D eigenvalue weighted by Gasteiger charge is 2.33. The molecule has 0 saturated carbocycles. The number of carbonyl (C=O) groups excluding carboxylic acids is 2. The summed E-state index contributed by atoms with van der Waals surface area (Å²) in [5.74, 6) is -1.67. The topological polar surface area (TPSA) is 122 Å². The van der Waals surface area contributed by atoms with Gasteiger partial charge in [-0.15, -0.1) is 0 Å². The lowest BCUT2D eigenvalue weighted by atomic mass is 10.0.